The SMILES string of the molecule is NC(=O)Oc1ccc(-c2cncc(Br)c2)cc1. The van der Waals surface area contributed by atoms with Crippen molar-refractivity contribution >= 4 is 22.0 Å². The Kier molecular flexibility index (Phi) is 3.39. The maximum atomic E-state index is 10.6. The number of primary amides is 1. The summed E-state index contributed by atoms with van der Waals surface area (Å²) in [6.45, 7) is 0. The van der Waals surface area contributed by atoms with Gasteiger partial charge >= 0.3 is 6.09 Å². The molecule has 0 aliphatic carbocycles. The summed E-state index contributed by atoms with van der Waals surface area (Å²) in [6.07, 6.45) is 2.66. The third kappa shape index (κ3) is 3.04. The van der Waals surface area contributed by atoms with Crippen LogP contribution in [0.4, 0.5) is 4.79 Å². The van der Waals surface area contributed by atoms with Crippen molar-refractivity contribution in [3.8, 4) is 16.9 Å². The molecule has 0 aliphatic rings. The average Bonchev–Trinajstić information content (AvgIpc) is 2.29. The summed E-state index contributed by atoms with van der Waals surface area (Å²) in [5.74, 6) is 0.421. The summed E-state index contributed by atoms with van der Waals surface area (Å²) in [7, 11) is 0. The molecular weight excluding hydrogens is 284 g/mol. The molecule has 2 rings (SSSR count). The smallest absolute Gasteiger partial charge is 0.409 e. The van der Waals surface area contributed by atoms with Crippen LogP contribution in [-0.4, -0.2) is 11.1 Å². The van der Waals surface area contributed by atoms with Crippen LogP contribution in [0, 0.1) is 0 Å². The number of hydrogen-bond donors (Lipinski definition) is 1. The van der Waals surface area contributed by atoms with Crippen LogP contribution in [0.5, 0.6) is 5.75 Å². The number of amides is 1. The number of benzene rings is 1. The van der Waals surface area contributed by atoms with Crippen molar-refractivity contribution in [2.75, 3.05) is 0 Å². The predicted octanol–water partition coefficient (Wildman–Crippen LogP) is 2.97. The van der Waals surface area contributed by atoms with E-state index in [1.54, 1.807) is 24.5 Å². The summed E-state index contributed by atoms with van der Waals surface area (Å²) < 4.78 is 5.65. The topological polar surface area (TPSA) is 65.2 Å². The van der Waals surface area contributed by atoms with Crippen molar-refractivity contribution in [3.63, 3.8) is 0 Å². The number of carbonyl (C=O) groups excluding carboxylic acids is 1. The summed E-state index contributed by atoms with van der Waals surface area (Å²) in [6, 6.07) is 8.99. The minimum Gasteiger partial charge on any atom is -0.411 e. The zero-order valence-corrected chi connectivity index (χ0v) is 10.3. The zero-order chi connectivity index (χ0) is 12.3. The third-order valence-corrected chi connectivity index (χ3v) is 2.54. The van der Waals surface area contributed by atoms with Crippen LogP contribution < -0.4 is 10.5 Å². The lowest BCUT2D eigenvalue weighted by Gasteiger charge is -2.04. The molecule has 0 spiro atoms. The van der Waals surface area contributed by atoms with Crippen molar-refractivity contribution in [2.45, 2.75) is 0 Å². The van der Waals surface area contributed by atoms with Crippen LogP contribution in [0.15, 0.2) is 47.2 Å². The molecule has 86 valence electrons. The second-order valence-electron chi connectivity index (χ2n) is 3.34. The van der Waals surface area contributed by atoms with Crippen LogP contribution >= 0.6 is 15.9 Å². The van der Waals surface area contributed by atoms with E-state index in [1.165, 1.54) is 0 Å². The maximum Gasteiger partial charge on any atom is 0.409 e. The highest BCUT2D eigenvalue weighted by atomic mass is 79.9. The first kappa shape index (κ1) is 11.6. The lowest BCUT2D eigenvalue weighted by molar-refractivity contribution is 0.211. The molecule has 2 aromatic rings. The molecular formula is C12H9BrN2O2. The van der Waals surface area contributed by atoms with Crippen molar-refractivity contribution in [2.24, 2.45) is 5.73 Å². The Bertz CT molecular complexity index is 540. The molecule has 0 saturated carbocycles. The standard InChI is InChI=1S/C12H9BrN2O2/c13-10-5-9(6-15-7-10)8-1-3-11(4-2-8)17-12(14)16/h1-7H,(H2,14,16). The number of rotatable bonds is 2. The Morgan fingerprint density at radius 2 is 1.88 bits per heavy atom. The van der Waals surface area contributed by atoms with Gasteiger partial charge in [0.2, 0.25) is 0 Å². The van der Waals surface area contributed by atoms with E-state index in [1.807, 2.05) is 18.2 Å². The molecule has 0 bridgehead atoms. The second-order valence-corrected chi connectivity index (χ2v) is 4.25. The first-order valence-electron chi connectivity index (χ1n) is 4.83. The summed E-state index contributed by atoms with van der Waals surface area (Å²) in [5, 5.41) is 0. The summed E-state index contributed by atoms with van der Waals surface area (Å²) in [4.78, 5) is 14.6. The van der Waals surface area contributed by atoms with Gasteiger partial charge < -0.3 is 10.5 Å². The number of nitrogens with two attached hydrogens (primary N) is 1. The van der Waals surface area contributed by atoms with Gasteiger partial charge in [0.25, 0.3) is 0 Å². The van der Waals surface area contributed by atoms with Crippen LogP contribution in [0.2, 0.25) is 0 Å². The average molecular weight is 293 g/mol. The Morgan fingerprint density at radius 3 is 2.47 bits per heavy atom. The van der Waals surface area contributed by atoms with Gasteiger partial charge in [-0.05, 0) is 39.7 Å². The molecule has 2 N–H and O–H groups in total. The second kappa shape index (κ2) is 4.97. The van der Waals surface area contributed by atoms with E-state index in [-0.39, 0.29) is 0 Å². The molecule has 1 amide bonds. The van der Waals surface area contributed by atoms with Gasteiger partial charge in [-0.25, -0.2) is 4.79 Å². The highest BCUT2D eigenvalue weighted by Gasteiger charge is 2.01. The Labute approximate surface area is 107 Å². The number of hydrogen-bond acceptors (Lipinski definition) is 3. The number of halogens is 1. The Balaban J connectivity index is 2.26. The first-order chi connectivity index (χ1) is 8.15. The zero-order valence-electron chi connectivity index (χ0n) is 8.76. The van der Waals surface area contributed by atoms with E-state index in [0.717, 1.165) is 15.6 Å². The molecule has 17 heavy (non-hydrogen) atoms. The number of aromatic nitrogens is 1. The van der Waals surface area contributed by atoms with Crippen molar-refractivity contribution in [1.82, 2.24) is 4.98 Å². The predicted molar refractivity (Wildman–Crippen MR) is 67.6 cm³/mol. The van der Waals surface area contributed by atoms with Gasteiger partial charge in [-0.3, -0.25) is 4.98 Å². The molecule has 1 heterocycles. The molecule has 0 unspecified atom stereocenters. The van der Waals surface area contributed by atoms with Gasteiger partial charge in [0.15, 0.2) is 0 Å². The van der Waals surface area contributed by atoms with E-state index in [0.29, 0.717) is 5.75 Å². The molecule has 5 heteroatoms. The number of pyridine rings is 1. The fourth-order valence-corrected chi connectivity index (χ4v) is 1.77. The quantitative estimate of drug-likeness (QED) is 0.925. The Morgan fingerprint density at radius 1 is 1.18 bits per heavy atom. The molecule has 0 aliphatic heterocycles. The molecule has 0 atom stereocenters. The van der Waals surface area contributed by atoms with Gasteiger partial charge in [-0.15, -0.1) is 0 Å². The van der Waals surface area contributed by atoms with E-state index in [9.17, 15) is 4.79 Å². The molecule has 0 saturated heterocycles. The van der Waals surface area contributed by atoms with Gasteiger partial charge in [0, 0.05) is 22.4 Å². The highest BCUT2D eigenvalue weighted by molar-refractivity contribution is 9.10. The molecule has 1 aromatic heterocycles. The van der Waals surface area contributed by atoms with Gasteiger partial charge in [0.05, 0.1) is 0 Å². The fraction of sp³-hybridized carbons (Fsp3) is 0. The Hall–Kier alpha value is -1.88. The van der Waals surface area contributed by atoms with Crippen molar-refractivity contribution in [3.05, 3.63) is 47.2 Å². The summed E-state index contributed by atoms with van der Waals surface area (Å²) in [5.41, 5.74) is 6.88. The molecule has 0 radical (unpaired) electrons. The number of nitrogens with zero attached hydrogens (tertiary/aromatic N) is 1. The third-order valence-electron chi connectivity index (χ3n) is 2.11. The van der Waals surface area contributed by atoms with Gasteiger partial charge in [-0.1, -0.05) is 12.1 Å². The lowest BCUT2D eigenvalue weighted by Crippen LogP contribution is -2.16. The maximum absolute atomic E-state index is 10.6. The lowest BCUT2D eigenvalue weighted by atomic mass is 10.1. The van der Waals surface area contributed by atoms with Crippen LogP contribution in [-0.2, 0) is 0 Å². The highest BCUT2D eigenvalue weighted by Crippen LogP contribution is 2.23. The number of carbonyl (C=O) groups is 1. The normalized spacial score (nSPS) is 9.94. The van der Waals surface area contributed by atoms with Gasteiger partial charge in [-0.2, -0.15) is 0 Å². The summed E-state index contributed by atoms with van der Waals surface area (Å²) >= 11 is 3.36. The molecule has 4 nitrogen and oxygen atoms in total. The van der Waals surface area contributed by atoms with E-state index in [4.69, 9.17) is 10.5 Å². The van der Waals surface area contributed by atoms with Gasteiger partial charge in [0.1, 0.15) is 5.75 Å². The fourth-order valence-electron chi connectivity index (χ4n) is 1.40. The van der Waals surface area contributed by atoms with E-state index >= 15 is 0 Å². The van der Waals surface area contributed by atoms with Crippen molar-refractivity contribution in [1.29, 1.82) is 0 Å². The van der Waals surface area contributed by atoms with E-state index in [2.05, 4.69) is 20.9 Å². The number of ether oxygens (including phenoxy) is 1. The minimum absolute atomic E-state index is 0.421. The monoisotopic (exact) mass is 292 g/mol. The molecule has 1 aromatic carbocycles. The van der Waals surface area contributed by atoms with Crippen LogP contribution in [0.3, 0.4) is 0 Å². The van der Waals surface area contributed by atoms with Crippen molar-refractivity contribution < 1.29 is 9.53 Å². The minimum atomic E-state index is -0.818. The molecule has 0 fully saturated rings. The van der Waals surface area contributed by atoms with Crippen LogP contribution in [0.25, 0.3) is 11.1 Å². The first-order valence-corrected chi connectivity index (χ1v) is 5.63. The van der Waals surface area contributed by atoms with Crippen LogP contribution in [0.1, 0.15) is 0 Å². The van der Waals surface area contributed by atoms with E-state index < -0.39 is 6.09 Å². The largest absolute Gasteiger partial charge is 0.411 e.